The minimum absolute atomic E-state index is 0.0401. The first kappa shape index (κ1) is 69.1. The largest absolute Gasteiger partial charge is 0.445 e. The Morgan fingerprint density at radius 2 is 0.387 bits per heavy atom. The van der Waals surface area contributed by atoms with Gasteiger partial charge >= 0.3 is 36.6 Å². The highest BCUT2D eigenvalue weighted by atomic mass is 16.6. The second-order valence-electron chi connectivity index (χ2n) is 20.6. The van der Waals surface area contributed by atoms with Gasteiger partial charge in [0.15, 0.2) is 0 Å². The van der Waals surface area contributed by atoms with E-state index in [-0.39, 0.29) is 135 Å². The van der Waals surface area contributed by atoms with E-state index in [1.165, 1.54) is 32.9 Å². The molecule has 0 saturated carbocycles. The fourth-order valence-corrected chi connectivity index (χ4v) is 8.89. The van der Waals surface area contributed by atoms with Crippen LogP contribution in [0, 0.1) is 0 Å². The van der Waals surface area contributed by atoms with Crippen LogP contribution in [0.5, 0.6) is 0 Å². The predicted molar refractivity (Wildman–Crippen MR) is 342 cm³/mol. The summed E-state index contributed by atoms with van der Waals surface area (Å²) in [5.74, 6) is -2.27. The molecule has 0 aromatic heterocycles. The third kappa shape index (κ3) is 25.9. The van der Waals surface area contributed by atoms with Gasteiger partial charge < -0.3 is 75.0 Å². The zero-order valence-corrected chi connectivity index (χ0v) is 51.2. The fourth-order valence-electron chi connectivity index (χ4n) is 8.89. The quantitative estimate of drug-likeness (QED) is 0.0210. The van der Waals surface area contributed by atoms with Crippen molar-refractivity contribution in [2.75, 3.05) is 78.5 Å². The topological polar surface area (TPSA) is 291 Å². The van der Waals surface area contributed by atoms with Gasteiger partial charge in [-0.3, -0.25) is 14.4 Å². The summed E-state index contributed by atoms with van der Waals surface area (Å²) in [6.45, 7) is -2.31. The number of hydrogen-bond donors (Lipinski definition) is 6. The maximum absolute atomic E-state index is 15.2. The second kappa shape index (κ2) is 38.9. The highest BCUT2D eigenvalue weighted by Gasteiger charge is 2.26. The Bertz CT molecular complexity index is 2930. The smallest absolute Gasteiger partial charge is 0.407 e. The molecular weight excluding hydrogens is 1190 g/mol. The van der Waals surface area contributed by atoms with Gasteiger partial charge in [0.1, 0.15) is 39.6 Å². The monoisotopic (exact) mass is 1270 g/mol. The number of alkyl carbamates (subject to hydrolysis) is 6. The number of hydrogen-bond acceptors (Lipinski definition) is 15. The molecule has 7 aromatic carbocycles. The Kier molecular flexibility index (Phi) is 28.9. The first-order chi connectivity index (χ1) is 45.3. The number of rotatable bonds is 33. The van der Waals surface area contributed by atoms with Crippen LogP contribution >= 0.6 is 0 Å². The number of carbonyl (C=O) groups excluding carboxylic acids is 9. The lowest BCUT2D eigenvalue weighted by Crippen LogP contribution is -2.44. The summed E-state index contributed by atoms with van der Waals surface area (Å²) < 4.78 is 32.5. The highest BCUT2D eigenvalue weighted by molar-refractivity contribution is 6.04. The standard InChI is InChI=1S/C69H75N9O15/c79-61(76(37-31-70-64(82)88-46-52-19-7-1-8-20-52)38-32-71-65(83)89-47-53-21-9-2-10-22-53)58-43-59(62(80)77(39-33-72-66(84)90-48-54-23-11-3-12-24-54)40-34-73-67(85)91-49-55-25-13-4-14-26-55)45-60(44-58)63(81)78(41-35-74-68(86)92-50-56-27-15-5-16-28-56)42-36-75-69(87)93-51-57-29-17-6-18-30-57/h1-30,43-45H,31-42,46-51H2,(H,70,82)(H,71,83)(H,72,84)(H,73,85)(H,74,86)(H,75,87). The van der Waals surface area contributed by atoms with Crippen molar-refractivity contribution >= 4 is 54.3 Å². The van der Waals surface area contributed by atoms with Crippen LogP contribution in [-0.4, -0.2) is 148 Å². The first-order valence-electron chi connectivity index (χ1n) is 30.1. The Morgan fingerprint density at radius 1 is 0.237 bits per heavy atom. The van der Waals surface area contributed by atoms with Crippen LogP contribution in [0.2, 0.25) is 0 Å². The molecule has 0 heterocycles. The molecule has 486 valence electrons. The normalized spacial score (nSPS) is 10.5. The summed E-state index contributed by atoms with van der Waals surface area (Å²) in [5, 5.41) is 15.9. The van der Waals surface area contributed by atoms with Crippen LogP contribution in [0.3, 0.4) is 0 Å². The van der Waals surface area contributed by atoms with Gasteiger partial charge in [0.25, 0.3) is 17.7 Å². The van der Waals surface area contributed by atoms with E-state index in [9.17, 15) is 28.8 Å². The number of nitrogens with zero attached hydrogens (tertiary/aromatic N) is 3. The van der Waals surface area contributed by atoms with Crippen LogP contribution in [0.25, 0.3) is 0 Å². The molecule has 93 heavy (non-hydrogen) atoms. The number of benzene rings is 7. The summed E-state index contributed by atoms with van der Waals surface area (Å²) >= 11 is 0. The molecular formula is C69H75N9O15. The van der Waals surface area contributed by atoms with E-state index in [0.717, 1.165) is 33.4 Å². The van der Waals surface area contributed by atoms with Crippen molar-refractivity contribution in [1.82, 2.24) is 46.6 Å². The van der Waals surface area contributed by atoms with Crippen molar-refractivity contribution in [3.63, 3.8) is 0 Å². The van der Waals surface area contributed by atoms with Crippen molar-refractivity contribution in [2.24, 2.45) is 0 Å². The second-order valence-corrected chi connectivity index (χ2v) is 20.6. The van der Waals surface area contributed by atoms with Gasteiger partial charge in [-0.2, -0.15) is 0 Å². The van der Waals surface area contributed by atoms with E-state index < -0.39 is 54.3 Å². The molecule has 9 amide bonds. The van der Waals surface area contributed by atoms with E-state index in [0.29, 0.717) is 0 Å². The number of nitrogens with one attached hydrogen (secondary N) is 6. The van der Waals surface area contributed by atoms with Gasteiger partial charge in [-0.15, -0.1) is 0 Å². The zero-order valence-electron chi connectivity index (χ0n) is 51.2. The molecule has 0 saturated heterocycles. The van der Waals surface area contributed by atoms with Crippen LogP contribution in [-0.2, 0) is 68.1 Å². The minimum Gasteiger partial charge on any atom is -0.445 e. The van der Waals surface area contributed by atoms with Crippen molar-refractivity contribution < 1.29 is 71.6 Å². The molecule has 0 fully saturated rings. The maximum atomic E-state index is 15.2. The Balaban J connectivity index is 1.17. The van der Waals surface area contributed by atoms with Crippen LogP contribution < -0.4 is 31.9 Å². The van der Waals surface area contributed by atoms with Gasteiger partial charge in [-0.1, -0.05) is 182 Å². The zero-order chi connectivity index (χ0) is 65.7. The van der Waals surface area contributed by atoms with Crippen LogP contribution in [0.15, 0.2) is 200 Å². The van der Waals surface area contributed by atoms with E-state index in [4.69, 9.17) is 28.4 Å². The van der Waals surface area contributed by atoms with Crippen molar-refractivity contribution in [3.8, 4) is 0 Å². The van der Waals surface area contributed by atoms with Crippen LogP contribution in [0.4, 0.5) is 28.8 Å². The molecule has 0 spiro atoms. The summed E-state index contributed by atoms with van der Waals surface area (Å²) in [4.78, 5) is 127. The molecule has 7 aromatic rings. The number of ether oxygens (including phenoxy) is 6. The Morgan fingerprint density at radius 3 is 0.538 bits per heavy atom. The van der Waals surface area contributed by atoms with Crippen molar-refractivity contribution in [3.05, 3.63) is 250 Å². The van der Waals surface area contributed by atoms with E-state index in [1.54, 1.807) is 146 Å². The molecule has 6 N–H and O–H groups in total. The molecule has 24 nitrogen and oxygen atoms in total. The maximum Gasteiger partial charge on any atom is 0.407 e. The summed E-state index contributed by atoms with van der Waals surface area (Å²) in [6, 6.07) is 57.7. The first-order valence-corrected chi connectivity index (χ1v) is 30.1. The highest BCUT2D eigenvalue weighted by Crippen LogP contribution is 2.18. The van der Waals surface area contributed by atoms with Crippen molar-refractivity contribution in [1.29, 1.82) is 0 Å². The Hall–Kier alpha value is -11.4. The van der Waals surface area contributed by atoms with Gasteiger partial charge in [-0.05, 0) is 51.6 Å². The van der Waals surface area contributed by atoms with E-state index >= 15 is 14.4 Å². The molecule has 0 aliphatic carbocycles. The number of amides is 9. The number of carbonyl (C=O) groups is 9. The van der Waals surface area contributed by atoms with Crippen LogP contribution in [0.1, 0.15) is 64.5 Å². The molecule has 0 aliphatic rings. The van der Waals surface area contributed by atoms with Gasteiger partial charge in [0.2, 0.25) is 0 Å². The molecule has 0 radical (unpaired) electrons. The molecule has 0 aliphatic heterocycles. The molecule has 0 unspecified atom stereocenters. The average Bonchev–Trinajstić information content (AvgIpc) is 0.925. The van der Waals surface area contributed by atoms with Gasteiger partial charge in [0.05, 0.1) is 0 Å². The summed E-state index contributed by atoms with van der Waals surface area (Å²) in [7, 11) is 0. The van der Waals surface area contributed by atoms with Crippen molar-refractivity contribution in [2.45, 2.75) is 39.6 Å². The lowest BCUT2D eigenvalue weighted by atomic mass is 10.0. The van der Waals surface area contributed by atoms with Gasteiger partial charge in [0, 0.05) is 95.2 Å². The van der Waals surface area contributed by atoms with Gasteiger partial charge in [-0.25, -0.2) is 28.8 Å². The lowest BCUT2D eigenvalue weighted by Gasteiger charge is -2.27. The molecule has 7 rings (SSSR count). The minimum atomic E-state index is -0.787. The predicted octanol–water partition coefficient (Wildman–Crippen LogP) is 8.57. The lowest BCUT2D eigenvalue weighted by molar-refractivity contribution is 0.0741. The fraction of sp³-hybridized carbons (Fsp3) is 0.261. The molecule has 0 bridgehead atoms. The summed E-state index contributed by atoms with van der Waals surface area (Å²) in [6.07, 6.45) is -4.72. The summed E-state index contributed by atoms with van der Waals surface area (Å²) in [5.41, 5.74) is 3.81. The third-order valence-electron chi connectivity index (χ3n) is 13.7. The molecule has 0 atom stereocenters. The Labute approximate surface area is 538 Å². The SMILES string of the molecule is O=C(NCCN(CCNC(=O)OCc1ccccc1)C(=O)c1cc(C(=O)N(CCNC(=O)OCc2ccccc2)CCNC(=O)OCc2ccccc2)cc(C(=O)N(CCNC(=O)OCc2ccccc2)CCNC(=O)OCc2ccccc2)c1)OCc1ccccc1. The average molecular weight is 1270 g/mol. The van der Waals surface area contributed by atoms with E-state index in [1.807, 2.05) is 36.4 Å². The molecule has 24 heteroatoms. The third-order valence-corrected chi connectivity index (χ3v) is 13.7. The van der Waals surface area contributed by atoms with E-state index in [2.05, 4.69) is 31.9 Å².